The second-order valence-electron chi connectivity index (χ2n) is 3.95. The Morgan fingerprint density at radius 3 is 2.21 bits per heavy atom. The van der Waals surface area contributed by atoms with Crippen LogP contribution in [0.3, 0.4) is 0 Å². The molecule has 0 heterocycles. The normalized spacial score (nSPS) is 11.4. The highest BCUT2D eigenvalue weighted by molar-refractivity contribution is 5.93. The number of anilines is 1. The number of rotatable bonds is 5. The van der Waals surface area contributed by atoms with Crippen molar-refractivity contribution in [1.82, 2.24) is 5.32 Å². The molecule has 2 amide bonds. The Morgan fingerprint density at radius 2 is 1.74 bits per heavy atom. The van der Waals surface area contributed by atoms with Crippen LogP contribution in [-0.4, -0.2) is 34.2 Å². The second-order valence-corrected chi connectivity index (χ2v) is 3.95. The highest BCUT2D eigenvalue weighted by Crippen LogP contribution is 2.08. The molecule has 0 bridgehead atoms. The van der Waals surface area contributed by atoms with Gasteiger partial charge in [0.25, 0.3) is 0 Å². The summed E-state index contributed by atoms with van der Waals surface area (Å²) in [6.07, 6.45) is -0.684. The Labute approximate surface area is 109 Å². The largest absolute Gasteiger partial charge is 0.481 e. The summed E-state index contributed by atoms with van der Waals surface area (Å²) in [6.45, 7) is 1.89. The van der Waals surface area contributed by atoms with Crippen LogP contribution < -0.4 is 10.6 Å². The Hall–Kier alpha value is -2.57. The van der Waals surface area contributed by atoms with Gasteiger partial charge in [0, 0.05) is 5.69 Å². The van der Waals surface area contributed by atoms with Crippen molar-refractivity contribution in [1.29, 1.82) is 0 Å². The number of carbonyl (C=O) groups is 3. The highest BCUT2D eigenvalue weighted by atomic mass is 16.4. The molecule has 1 aromatic rings. The van der Waals surface area contributed by atoms with Crippen molar-refractivity contribution < 1.29 is 24.6 Å². The van der Waals surface area contributed by atoms with Crippen molar-refractivity contribution in [3.8, 4) is 0 Å². The second kappa shape index (κ2) is 6.39. The molecule has 4 N–H and O–H groups in total. The summed E-state index contributed by atoms with van der Waals surface area (Å²) in [6, 6.07) is 4.63. The number of aliphatic carboxylic acids is 2. The number of carboxylic acids is 2. The van der Waals surface area contributed by atoms with E-state index in [1.807, 2.05) is 6.92 Å². The molecular formula is C12H14N2O5. The molecule has 7 heteroatoms. The number of hydrogen-bond acceptors (Lipinski definition) is 3. The molecular weight excluding hydrogens is 252 g/mol. The molecule has 1 unspecified atom stereocenters. The summed E-state index contributed by atoms with van der Waals surface area (Å²) in [4.78, 5) is 32.7. The molecule has 0 aliphatic heterocycles. The van der Waals surface area contributed by atoms with Gasteiger partial charge in [-0.1, -0.05) is 17.7 Å². The lowest BCUT2D eigenvalue weighted by atomic mass is 10.2. The van der Waals surface area contributed by atoms with E-state index < -0.39 is 30.4 Å². The third kappa shape index (κ3) is 5.07. The van der Waals surface area contributed by atoms with Gasteiger partial charge in [0.15, 0.2) is 0 Å². The fourth-order valence-electron chi connectivity index (χ4n) is 1.34. The quantitative estimate of drug-likeness (QED) is 0.635. The van der Waals surface area contributed by atoms with Gasteiger partial charge in [-0.3, -0.25) is 4.79 Å². The Kier molecular flexibility index (Phi) is 4.87. The number of aryl methyl sites for hydroxylation is 1. The highest BCUT2D eigenvalue weighted by Gasteiger charge is 2.22. The van der Waals surface area contributed by atoms with E-state index in [1.165, 1.54) is 0 Å². The first-order valence-corrected chi connectivity index (χ1v) is 5.47. The minimum absolute atomic E-state index is 0.488. The number of carbonyl (C=O) groups excluding carboxylic acids is 1. The fourth-order valence-corrected chi connectivity index (χ4v) is 1.34. The van der Waals surface area contributed by atoms with E-state index in [0.717, 1.165) is 5.56 Å². The molecule has 0 aromatic heterocycles. The summed E-state index contributed by atoms with van der Waals surface area (Å²) < 4.78 is 0. The number of hydrogen-bond donors (Lipinski definition) is 4. The zero-order chi connectivity index (χ0) is 14.4. The molecule has 1 atom stereocenters. The lowest BCUT2D eigenvalue weighted by Crippen LogP contribution is -2.44. The van der Waals surface area contributed by atoms with Crippen LogP contribution in [0.5, 0.6) is 0 Å². The smallest absolute Gasteiger partial charge is 0.326 e. The predicted octanol–water partition coefficient (Wildman–Crippen LogP) is 1.04. The molecule has 1 rings (SSSR count). The molecule has 0 spiro atoms. The number of nitrogens with one attached hydrogen (secondary N) is 2. The summed E-state index contributed by atoms with van der Waals surface area (Å²) in [5, 5.41) is 21.8. The molecule has 0 saturated heterocycles. The van der Waals surface area contributed by atoms with E-state index in [2.05, 4.69) is 10.6 Å². The lowest BCUT2D eigenvalue weighted by molar-refractivity contribution is -0.145. The molecule has 102 valence electrons. The van der Waals surface area contributed by atoms with Gasteiger partial charge in [0.1, 0.15) is 6.04 Å². The third-order valence-corrected chi connectivity index (χ3v) is 2.29. The van der Waals surface area contributed by atoms with Crippen LogP contribution in [0.4, 0.5) is 10.5 Å². The summed E-state index contributed by atoms with van der Waals surface area (Å²) >= 11 is 0. The standard InChI is InChI=1S/C12H14N2O5/c1-7-2-4-8(5-3-7)13-12(19)14-9(11(17)18)6-10(15)16/h2-5,9H,6H2,1H3,(H,15,16)(H,17,18)(H2,13,14,19). The number of benzene rings is 1. The van der Waals surface area contributed by atoms with Crippen molar-refractivity contribution in [3.05, 3.63) is 29.8 Å². The van der Waals surface area contributed by atoms with Crippen molar-refractivity contribution in [3.63, 3.8) is 0 Å². The van der Waals surface area contributed by atoms with Crippen LogP contribution in [0.1, 0.15) is 12.0 Å². The van der Waals surface area contributed by atoms with E-state index >= 15 is 0 Å². The molecule has 19 heavy (non-hydrogen) atoms. The van der Waals surface area contributed by atoms with Crippen molar-refractivity contribution in [2.45, 2.75) is 19.4 Å². The number of amides is 2. The average molecular weight is 266 g/mol. The average Bonchev–Trinajstić information content (AvgIpc) is 2.30. The van der Waals surface area contributed by atoms with Crippen molar-refractivity contribution in [2.75, 3.05) is 5.32 Å². The van der Waals surface area contributed by atoms with E-state index in [-0.39, 0.29) is 0 Å². The molecule has 0 aliphatic rings. The minimum atomic E-state index is -1.47. The maximum absolute atomic E-state index is 11.5. The minimum Gasteiger partial charge on any atom is -0.481 e. The SMILES string of the molecule is Cc1ccc(NC(=O)NC(CC(=O)O)C(=O)O)cc1. The van der Waals surface area contributed by atoms with Gasteiger partial charge < -0.3 is 20.8 Å². The molecule has 1 aromatic carbocycles. The lowest BCUT2D eigenvalue weighted by Gasteiger charge is -2.13. The van der Waals surface area contributed by atoms with Gasteiger partial charge in [-0.2, -0.15) is 0 Å². The van der Waals surface area contributed by atoms with Gasteiger partial charge in [0.2, 0.25) is 0 Å². The first kappa shape index (κ1) is 14.5. The van der Waals surface area contributed by atoms with Crippen LogP contribution in [0.25, 0.3) is 0 Å². The Balaban J connectivity index is 2.59. The summed E-state index contributed by atoms with van der Waals surface area (Å²) in [5.41, 5.74) is 1.50. The van der Waals surface area contributed by atoms with Crippen molar-refractivity contribution >= 4 is 23.7 Å². The molecule has 7 nitrogen and oxygen atoms in total. The van der Waals surface area contributed by atoms with Crippen LogP contribution in [0.2, 0.25) is 0 Å². The van der Waals surface area contributed by atoms with Gasteiger partial charge in [0.05, 0.1) is 6.42 Å². The Morgan fingerprint density at radius 1 is 1.16 bits per heavy atom. The van der Waals surface area contributed by atoms with Gasteiger partial charge in [-0.25, -0.2) is 9.59 Å². The summed E-state index contributed by atoms with van der Waals surface area (Å²) in [5.74, 6) is -2.70. The summed E-state index contributed by atoms with van der Waals surface area (Å²) in [7, 11) is 0. The van der Waals surface area contributed by atoms with Gasteiger partial charge in [-0.15, -0.1) is 0 Å². The van der Waals surface area contributed by atoms with E-state index in [9.17, 15) is 14.4 Å². The van der Waals surface area contributed by atoms with Crippen LogP contribution >= 0.6 is 0 Å². The molecule has 0 aliphatic carbocycles. The maximum Gasteiger partial charge on any atom is 0.326 e. The first-order chi connectivity index (χ1) is 8.88. The van der Waals surface area contributed by atoms with Crippen LogP contribution in [-0.2, 0) is 9.59 Å². The predicted molar refractivity (Wildman–Crippen MR) is 67.0 cm³/mol. The van der Waals surface area contributed by atoms with E-state index in [0.29, 0.717) is 5.69 Å². The fraction of sp³-hybridized carbons (Fsp3) is 0.250. The zero-order valence-corrected chi connectivity index (χ0v) is 10.2. The first-order valence-electron chi connectivity index (χ1n) is 5.47. The van der Waals surface area contributed by atoms with Crippen molar-refractivity contribution in [2.24, 2.45) is 0 Å². The van der Waals surface area contributed by atoms with Gasteiger partial charge in [-0.05, 0) is 19.1 Å². The van der Waals surface area contributed by atoms with E-state index in [1.54, 1.807) is 24.3 Å². The van der Waals surface area contributed by atoms with Crippen LogP contribution in [0, 0.1) is 6.92 Å². The molecule has 0 radical (unpaired) electrons. The number of carboxylic acid groups (broad SMARTS) is 2. The van der Waals surface area contributed by atoms with E-state index in [4.69, 9.17) is 10.2 Å². The maximum atomic E-state index is 11.5. The monoisotopic (exact) mass is 266 g/mol. The van der Waals surface area contributed by atoms with Gasteiger partial charge >= 0.3 is 18.0 Å². The topological polar surface area (TPSA) is 116 Å². The van der Waals surface area contributed by atoms with Crippen LogP contribution in [0.15, 0.2) is 24.3 Å². The number of urea groups is 1. The molecule has 0 saturated carbocycles. The third-order valence-electron chi connectivity index (χ3n) is 2.29. The zero-order valence-electron chi connectivity index (χ0n) is 10.2. The Bertz CT molecular complexity index is 483. The molecule has 0 fully saturated rings.